The molecule has 0 bridgehead atoms. The van der Waals surface area contributed by atoms with Crippen molar-refractivity contribution >= 4 is 10.0 Å². The molecule has 1 atom stereocenters. The lowest BCUT2D eigenvalue weighted by Gasteiger charge is -2.19. The van der Waals surface area contributed by atoms with E-state index in [9.17, 15) is 8.42 Å². The van der Waals surface area contributed by atoms with Gasteiger partial charge in [0.05, 0.1) is 4.90 Å². The molecule has 5 heteroatoms. The summed E-state index contributed by atoms with van der Waals surface area (Å²) in [6.07, 6.45) is 4.45. The van der Waals surface area contributed by atoms with Crippen molar-refractivity contribution in [2.24, 2.45) is 5.92 Å². The molecule has 116 valence electrons. The van der Waals surface area contributed by atoms with Gasteiger partial charge in [-0.3, -0.25) is 0 Å². The van der Waals surface area contributed by atoms with E-state index in [-0.39, 0.29) is 0 Å². The van der Waals surface area contributed by atoms with Gasteiger partial charge >= 0.3 is 0 Å². The Morgan fingerprint density at radius 2 is 2.00 bits per heavy atom. The maximum absolute atomic E-state index is 12.9. The number of nitrogens with one attached hydrogen (secondary N) is 1. The monoisotopic (exact) mass is 308 g/mol. The minimum Gasteiger partial charge on any atom is -0.310 e. The number of benzene rings is 1. The molecule has 1 aromatic carbocycles. The fourth-order valence-electron chi connectivity index (χ4n) is 2.93. The third-order valence-electron chi connectivity index (χ3n) is 4.57. The van der Waals surface area contributed by atoms with Crippen LogP contribution in [0.3, 0.4) is 0 Å². The number of rotatable bonds is 6. The summed E-state index contributed by atoms with van der Waals surface area (Å²) in [6.45, 7) is 4.11. The van der Waals surface area contributed by atoms with Crippen LogP contribution in [0.5, 0.6) is 0 Å². The van der Waals surface area contributed by atoms with E-state index in [1.807, 2.05) is 18.2 Å². The highest BCUT2D eigenvalue weighted by molar-refractivity contribution is 7.89. The van der Waals surface area contributed by atoms with Crippen molar-refractivity contribution < 1.29 is 8.42 Å². The van der Waals surface area contributed by atoms with E-state index in [1.165, 1.54) is 12.8 Å². The van der Waals surface area contributed by atoms with E-state index in [2.05, 4.69) is 12.2 Å². The first-order valence-corrected chi connectivity index (χ1v) is 9.36. The van der Waals surface area contributed by atoms with Crippen LogP contribution in [0, 0.1) is 5.92 Å². The van der Waals surface area contributed by atoms with Gasteiger partial charge in [-0.25, -0.2) is 8.42 Å². The third kappa shape index (κ3) is 3.30. The fourth-order valence-corrected chi connectivity index (χ4v) is 4.68. The van der Waals surface area contributed by atoms with Crippen LogP contribution in [0.15, 0.2) is 29.2 Å². The average Bonchev–Trinajstić information content (AvgIpc) is 3.19. The summed E-state index contributed by atoms with van der Waals surface area (Å²) in [7, 11) is -3.35. The van der Waals surface area contributed by atoms with Crippen LogP contribution in [0.25, 0.3) is 0 Å². The van der Waals surface area contributed by atoms with Gasteiger partial charge in [-0.1, -0.05) is 31.5 Å². The molecule has 0 amide bonds. The van der Waals surface area contributed by atoms with Gasteiger partial charge in [-0.2, -0.15) is 4.31 Å². The SMILES string of the molecule is CCC1CCN(S(=O)(=O)c2ccccc2CNC2CC2)C1. The predicted molar refractivity (Wildman–Crippen MR) is 83.5 cm³/mol. The molecule has 3 rings (SSSR count). The Bertz CT molecular complexity index is 596. The number of hydrogen-bond donors (Lipinski definition) is 1. The lowest BCUT2D eigenvalue weighted by molar-refractivity contribution is 0.452. The summed E-state index contributed by atoms with van der Waals surface area (Å²) in [4.78, 5) is 0.481. The van der Waals surface area contributed by atoms with E-state index in [0.717, 1.165) is 18.4 Å². The molecule has 2 fully saturated rings. The molecule has 1 aromatic rings. The Hall–Kier alpha value is -0.910. The largest absolute Gasteiger partial charge is 0.310 e. The normalized spacial score (nSPS) is 23.6. The molecule has 1 N–H and O–H groups in total. The minimum absolute atomic E-state index is 0.481. The van der Waals surface area contributed by atoms with Gasteiger partial charge in [-0.15, -0.1) is 0 Å². The van der Waals surface area contributed by atoms with Gasteiger partial charge in [0.15, 0.2) is 0 Å². The highest BCUT2D eigenvalue weighted by Crippen LogP contribution is 2.28. The molecular formula is C16H24N2O2S. The summed E-state index contributed by atoms with van der Waals surface area (Å²) in [5.41, 5.74) is 0.893. The zero-order chi connectivity index (χ0) is 14.9. The lowest BCUT2D eigenvalue weighted by atomic mass is 10.1. The summed E-state index contributed by atoms with van der Waals surface area (Å²) in [5.74, 6) is 0.511. The van der Waals surface area contributed by atoms with Crippen molar-refractivity contribution in [1.29, 1.82) is 0 Å². The van der Waals surface area contributed by atoms with Crippen molar-refractivity contribution in [2.45, 2.75) is 50.1 Å². The van der Waals surface area contributed by atoms with Gasteiger partial charge in [-0.05, 0) is 36.8 Å². The fraction of sp³-hybridized carbons (Fsp3) is 0.625. The zero-order valence-electron chi connectivity index (χ0n) is 12.6. The molecule has 1 aliphatic carbocycles. The van der Waals surface area contributed by atoms with E-state index in [1.54, 1.807) is 10.4 Å². The van der Waals surface area contributed by atoms with Crippen LogP contribution in [-0.2, 0) is 16.6 Å². The second kappa shape index (κ2) is 6.07. The molecular weight excluding hydrogens is 284 g/mol. The maximum Gasteiger partial charge on any atom is 0.243 e. The topological polar surface area (TPSA) is 49.4 Å². The van der Waals surface area contributed by atoms with Gasteiger partial charge in [0.1, 0.15) is 0 Å². The first-order chi connectivity index (χ1) is 10.1. The van der Waals surface area contributed by atoms with Crippen molar-refractivity contribution in [3.05, 3.63) is 29.8 Å². The predicted octanol–water partition coefficient (Wildman–Crippen LogP) is 2.36. The quantitative estimate of drug-likeness (QED) is 0.877. The Kier molecular flexibility index (Phi) is 4.33. The summed E-state index contributed by atoms with van der Waals surface area (Å²) >= 11 is 0. The van der Waals surface area contributed by atoms with Crippen molar-refractivity contribution in [1.82, 2.24) is 9.62 Å². The highest BCUT2D eigenvalue weighted by atomic mass is 32.2. The smallest absolute Gasteiger partial charge is 0.243 e. The van der Waals surface area contributed by atoms with E-state index >= 15 is 0 Å². The molecule has 4 nitrogen and oxygen atoms in total. The van der Waals surface area contributed by atoms with Crippen LogP contribution in [0.2, 0.25) is 0 Å². The van der Waals surface area contributed by atoms with Crippen LogP contribution in [0.1, 0.15) is 38.2 Å². The number of sulfonamides is 1. The molecule has 0 spiro atoms. The third-order valence-corrected chi connectivity index (χ3v) is 6.54. The molecule has 0 radical (unpaired) electrons. The summed E-state index contributed by atoms with van der Waals surface area (Å²) in [5, 5.41) is 3.41. The van der Waals surface area contributed by atoms with E-state index in [4.69, 9.17) is 0 Å². The summed E-state index contributed by atoms with van der Waals surface area (Å²) < 4.78 is 27.4. The van der Waals surface area contributed by atoms with Crippen molar-refractivity contribution in [3.8, 4) is 0 Å². The Labute approximate surface area is 127 Å². The van der Waals surface area contributed by atoms with E-state index in [0.29, 0.717) is 36.5 Å². The van der Waals surface area contributed by atoms with Crippen LogP contribution in [-0.4, -0.2) is 31.9 Å². The molecule has 0 aromatic heterocycles. The molecule has 1 heterocycles. The molecule has 1 unspecified atom stereocenters. The second-order valence-corrected chi connectivity index (χ2v) is 8.10. The van der Waals surface area contributed by atoms with Crippen LogP contribution in [0.4, 0.5) is 0 Å². The molecule has 1 saturated carbocycles. The standard InChI is InChI=1S/C16H24N2O2S/c1-2-13-9-10-18(12-13)21(19,20)16-6-4-3-5-14(16)11-17-15-7-8-15/h3-6,13,15,17H,2,7-12H2,1H3. The molecule has 21 heavy (non-hydrogen) atoms. The van der Waals surface area contributed by atoms with Gasteiger partial charge in [0, 0.05) is 25.7 Å². The first kappa shape index (κ1) is 15.0. The van der Waals surface area contributed by atoms with Crippen molar-refractivity contribution in [2.75, 3.05) is 13.1 Å². The van der Waals surface area contributed by atoms with Gasteiger partial charge in [0.2, 0.25) is 10.0 Å². The lowest BCUT2D eigenvalue weighted by Crippen LogP contribution is -2.30. The highest BCUT2D eigenvalue weighted by Gasteiger charge is 2.33. The number of nitrogens with zero attached hydrogens (tertiary/aromatic N) is 1. The Morgan fingerprint density at radius 3 is 2.67 bits per heavy atom. The summed E-state index contributed by atoms with van der Waals surface area (Å²) in [6, 6.07) is 7.99. The van der Waals surface area contributed by atoms with Gasteiger partial charge in [0.25, 0.3) is 0 Å². The van der Waals surface area contributed by atoms with Crippen LogP contribution < -0.4 is 5.32 Å². The first-order valence-electron chi connectivity index (χ1n) is 7.92. The zero-order valence-corrected chi connectivity index (χ0v) is 13.4. The maximum atomic E-state index is 12.9. The number of hydrogen-bond acceptors (Lipinski definition) is 3. The minimum atomic E-state index is -3.35. The average molecular weight is 308 g/mol. The second-order valence-electron chi connectivity index (χ2n) is 6.19. The van der Waals surface area contributed by atoms with E-state index < -0.39 is 10.0 Å². The van der Waals surface area contributed by atoms with Crippen LogP contribution >= 0.6 is 0 Å². The molecule has 1 saturated heterocycles. The Balaban J connectivity index is 1.80. The Morgan fingerprint density at radius 1 is 1.24 bits per heavy atom. The molecule has 1 aliphatic heterocycles. The van der Waals surface area contributed by atoms with Crippen molar-refractivity contribution in [3.63, 3.8) is 0 Å². The molecule has 2 aliphatic rings. The van der Waals surface area contributed by atoms with Gasteiger partial charge < -0.3 is 5.32 Å².